The second-order valence-electron chi connectivity index (χ2n) is 5.15. The molecule has 1 aliphatic rings. The number of hydrogen-bond acceptors (Lipinski definition) is 3. The maximum Gasteiger partial charge on any atom is 0.303 e. The van der Waals surface area contributed by atoms with Crippen LogP contribution in [0.25, 0.3) is 0 Å². The second-order valence-corrected chi connectivity index (χ2v) is 5.15. The molecule has 21 heavy (non-hydrogen) atoms. The molecule has 0 aliphatic carbocycles. The van der Waals surface area contributed by atoms with E-state index in [0.717, 1.165) is 6.42 Å². The van der Waals surface area contributed by atoms with Crippen molar-refractivity contribution in [1.82, 2.24) is 4.90 Å². The Balaban J connectivity index is 1.77. The summed E-state index contributed by atoms with van der Waals surface area (Å²) in [5.41, 5.74) is 0. The summed E-state index contributed by atoms with van der Waals surface area (Å²) in [5, 5.41) is 8.65. The van der Waals surface area contributed by atoms with Gasteiger partial charge in [-0.2, -0.15) is 0 Å². The van der Waals surface area contributed by atoms with Crippen LogP contribution in [0.3, 0.4) is 0 Å². The van der Waals surface area contributed by atoms with Crippen LogP contribution in [0.5, 0.6) is 5.75 Å². The molecule has 1 aromatic carbocycles. The van der Waals surface area contributed by atoms with Crippen LogP contribution >= 0.6 is 0 Å². The lowest BCUT2D eigenvalue weighted by molar-refractivity contribution is -0.137. The zero-order valence-electron chi connectivity index (χ0n) is 11.6. The normalized spacial score (nSPS) is 17.8. The Bertz CT molecular complexity index is 520. The van der Waals surface area contributed by atoms with Gasteiger partial charge in [-0.05, 0) is 30.9 Å². The molecule has 1 fully saturated rings. The number of ether oxygens (including phenoxy) is 1. The molecule has 1 aliphatic heterocycles. The van der Waals surface area contributed by atoms with Crippen molar-refractivity contribution in [3.05, 3.63) is 30.1 Å². The topological polar surface area (TPSA) is 66.8 Å². The first kappa shape index (κ1) is 15.3. The lowest BCUT2D eigenvalue weighted by Gasteiger charge is -2.17. The van der Waals surface area contributed by atoms with Crippen LogP contribution in [-0.2, 0) is 9.59 Å². The molecule has 1 N–H and O–H groups in total. The quantitative estimate of drug-likeness (QED) is 0.870. The van der Waals surface area contributed by atoms with Gasteiger partial charge in [0.2, 0.25) is 0 Å². The number of benzene rings is 1. The van der Waals surface area contributed by atoms with Gasteiger partial charge in [-0.3, -0.25) is 9.59 Å². The second kappa shape index (κ2) is 7.06. The van der Waals surface area contributed by atoms with Crippen LogP contribution in [0.15, 0.2) is 24.3 Å². The number of carboxylic acids is 1. The Hall–Kier alpha value is -2.11. The zero-order valence-corrected chi connectivity index (χ0v) is 11.6. The number of hydrogen-bond donors (Lipinski definition) is 1. The van der Waals surface area contributed by atoms with E-state index < -0.39 is 11.8 Å². The van der Waals surface area contributed by atoms with Gasteiger partial charge >= 0.3 is 5.97 Å². The molecule has 6 heteroatoms. The van der Waals surface area contributed by atoms with Gasteiger partial charge in [0.1, 0.15) is 0 Å². The van der Waals surface area contributed by atoms with Gasteiger partial charge in [-0.15, -0.1) is 0 Å². The third kappa shape index (κ3) is 4.44. The summed E-state index contributed by atoms with van der Waals surface area (Å²) >= 11 is 0. The SMILES string of the molecule is O=C(O)CCC1CCN(C(=O)COc2ccccc2F)C1. The molecule has 2 rings (SSSR count). The number of nitrogens with zero attached hydrogens (tertiary/aromatic N) is 1. The van der Waals surface area contributed by atoms with E-state index in [-0.39, 0.29) is 30.6 Å². The summed E-state index contributed by atoms with van der Waals surface area (Å²) in [6.07, 6.45) is 1.50. The summed E-state index contributed by atoms with van der Waals surface area (Å²) in [4.78, 5) is 24.1. The highest BCUT2D eigenvalue weighted by atomic mass is 19.1. The number of amides is 1. The number of carbonyl (C=O) groups is 2. The number of rotatable bonds is 6. The molecule has 0 radical (unpaired) electrons. The summed E-state index contributed by atoms with van der Waals surface area (Å²) in [5.74, 6) is -1.23. The van der Waals surface area contributed by atoms with Crippen LogP contribution in [-0.4, -0.2) is 41.6 Å². The Kier molecular flexibility index (Phi) is 5.14. The van der Waals surface area contributed by atoms with E-state index in [4.69, 9.17) is 9.84 Å². The first-order valence-corrected chi connectivity index (χ1v) is 6.93. The van der Waals surface area contributed by atoms with Crippen molar-refractivity contribution < 1.29 is 23.8 Å². The Morgan fingerprint density at radius 3 is 2.86 bits per heavy atom. The van der Waals surface area contributed by atoms with E-state index >= 15 is 0 Å². The molecular formula is C15H18FNO4. The van der Waals surface area contributed by atoms with Gasteiger partial charge in [0.25, 0.3) is 5.91 Å². The first-order chi connectivity index (χ1) is 10.1. The van der Waals surface area contributed by atoms with Gasteiger partial charge in [-0.25, -0.2) is 4.39 Å². The zero-order chi connectivity index (χ0) is 15.2. The fourth-order valence-electron chi connectivity index (χ4n) is 2.41. The largest absolute Gasteiger partial charge is 0.481 e. The lowest BCUT2D eigenvalue weighted by Crippen LogP contribution is -2.33. The standard InChI is InChI=1S/C15H18FNO4/c16-12-3-1-2-4-13(12)21-10-14(18)17-8-7-11(9-17)5-6-15(19)20/h1-4,11H,5-10H2,(H,19,20). The average Bonchev–Trinajstić information content (AvgIpc) is 2.93. The smallest absolute Gasteiger partial charge is 0.303 e. The summed E-state index contributed by atoms with van der Waals surface area (Å²) in [6.45, 7) is 0.947. The van der Waals surface area contributed by atoms with Crippen LogP contribution in [0.4, 0.5) is 4.39 Å². The van der Waals surface area contributed by atoms with Gasteiger partial charge in [0.15, 0.2) is 18.2 Å². The summed E-state index contributed by atoms with van der Waals surface area (Å²) in [6, 6.07) is 5.94. The fourth-order valence-corrected chi connectivity index (χ4v) is 2.41. The van der Waals surface area contributed by atoms with E-state index in [0.29, 0.717) is 19.5 Å². The molecule has 1 saturated heterocycles. The lowest BCUT2D eigenvalue weighted by atomic mass is 10.0. The van der Waals surface area contributed by atoms with E-state index in [2.05, 4.69) is 0 Å². The fraction of sp³-hybridized carbons (Fsp3) is 0.467. The number of carbonyl (C=O) groups excluding carboxylic acids is 1. The minimum absolute atomic E-state index is 0.0625. The van der Waals surface area contributed by atoms with E-state index in [9.17, 15) is 14.0 Å². The Morgan fingerprint density at radius 1 is 1.38 bits per heavy atom. The molecule has 0 saturated carbocycles. The van der Waals surface area contributed by atoms with Crippen LogP contribution in [0.1, 0.15) is 19.3 Å². The van der Waals surface area contributed by atoms with Crippen LogP contribution < -0.4 is 4.74 Å². The highest BCUT2D eigenvalue weighted by molar-refractivity contribution is 5.78. The summed E-state index contributed by atoms with van der Waals surface area (Å²) in [7, 11) is 0. The van der Waals surface area contributed by atoms with Gasteiger partial charge in [-0.1, -0.05) is 12.1 Å². The van der Waals surface area contributed by atoms with Gasteiger partial charge < -0.3 is 14.7 Å². The molecule has 0 bridgehead atoms. The predicted octanol–water partition coefficient (Wildman–Crippen LogP) is 1.92. The van der Waals surface area contributed by atoms with E-state index in [1.165, 1.54) is 12.1 Å². The molecule has 114 valence electrons. The maximum atomic E-state index is 13.3. The maximum absolute atomic E-state index is 13.3. The number of halogens is 1. The van der Waals surface area contributed by atoms with E-state index in [1.54, 1.807) is 17.0 Å². The van der Waals surface area contributed by atoms with Crippen molar-refractivity contribution in [2.75, 3.05) is 19.7 Å². The molecule has 1 heterocycles. The van der Waals surface area contributed by atoms with Crippen molar-refractivity contribution in [3.63, 3.8) is 0 Å². The highest BCUT2D eigenvalue weighted by Gasteiger charge is 2.26. The van der Waals surface area contributed by atoms with Crippen LogP contribution in [0.2, 0.25) is 0 Å². The number of likely N-dealkylation sites (tertiary alicyclic amines) is 1. The molecule has 1 aromatic rings. The third-order valence-corrected chi connectivity index (χ3v) is 3.59. The number of carboxylic acid groups (broad SMARTS) is 1. The van der Waals surface area contributed by atoms with Crippen molar-refractivity contribution in [2.24, 2.45) is 5.92 Å². The minimum Gasteiger partial charge on any atom is -0.481 e. The molecule has 1 amide bonds. The minimum atomic E-state index is -0.817. The Morgan fingerprint density at radius 2 is 2.14 bits per heavy atom. The van der Waals surface area contributed by atoms with Gasteiger partial charge in [0, 0.05) is 19.5 Å². The monoisotopic (exact) mass is 295 g/mol. The highest BCUT2D eigenvalue weighted by Crippen LogP contribution is 2.21. The molecule has 0 spiro atoms. The summed E-state index contributed by atoms with van der Waals surface area (Å²) < 4.78 is 18.5. The number of aliphatic carboxylic acids is 1. The van der Waals surface area contributed by atoms with Gasteiger partial charge in [0.05, 0.1) is 0 Å². The van der Waals surface area contributed by atoms with Crippen molar-refractivity contribution in [2.45, 2.75) is 19.3 Å². The van der Waals surface area contributed by atoms with E-state index in [1.807, 2.05) is 0 Å². The first-order valence-electron chi connectivity index (χ1n) is 6.93. The predicted molar refractivity (Wildman–Crippen MR) is 73.5 cm³/mol. The molecular weight excluding hydrogens is 277 g/mol. The van der Waals surface area contributed by atoms with Crippen molar-refractivity contribution in [3.8, 4) is 5.75 Å². The van der Waals surface area contributed by atoms with Crippen LogP contribution in [0, 0.1) is 11.7 Å². The third-order valence-electron chi connectivity index (χ3n) is 3.59. The van der Waals surface area contributed by atoms with Crippen molar-refractivity contribution >= 4 is 11.9 Å². The average molecular weight is 295 g/mol. The number of para-hydroxylation sites is 1. The Labute approximate surface area is 122 Å². The molecule has 1 atom stereocenters. The molecule has 0 aromatic heterocycles. The van der Waals surface area contributed by atoms with Crippen molar-refractivity contribution in [1.29, 1.82) is 0 Å². The molecule has 5 nitrogen and oxygen atoms in total. The molecule has 1 unspecified atom stereocenters.